The molecule has 0 amide bonds. The standard InChI is InChI=1S/C22H25N3O3/c1-27-20-7-6-15(11-21(20)28-2)12-25-9-8-18-19(13-25)24-22(23-18)17-5-3-4-16(10-17)14-26/h3-7,10-11,26H,8-9,12-14H2,1-2H3,(H,23,24). The minimum atomic E-state index is 0.0351. The number of aliphatic hydroxyl groups is 1. The molecule has 0 unspecified atom stereocenters. The second-order valence-electron chi connectivity index (χ2n) is 7.02. The molecular formula is C22H25N3O3. The van der Waals surface area contributed by atoms with Crippen LogP contribution in [0, 0.1) is 0 Å². The van der Waals surface area contributed by atoms with E-state index in [4.69, 9.17) is 14.5 Å². The van der Waals surface area contributed by atoms with Crippen molar-refractivity contribution in [3.8, 4) is 22.9 Å². The molecule has 0 atom stereocenters. The lowest BCUT2D eigenvalue weighted by Crippen LogP contribution is -2.30. The van der Waals surface area contributed by atoms with Crippen LogP contribution < -0.4 is 9.47 Å². The van der Waals surface area contributed by atoms with Gasteiger partial charge in [-0.3, -0.25) is 4.90 Å². The second kappa shape index (κ2) is 8.04. The zero-order valence-corrected chi connectivity index (χ0v) is 16.2. The van der Waals surface area contributed by atoms with Gasteiger partial charge in [0.05, 0.1) is 32.2 Å². The smallest absolute Gasteiger partial charge is 0.161 e. The summed E-state index contributed by atoms with van der Waals surface area (Å²) in [6.45, 7) is 2.67. The first-order valence-electron chi connectivity index (χ1n) is 9.41. The van der Waals surface area contributed by atoms with Gasteiger partial charge in [0.25, 0.3) is 0 Å². The van der Waals surface area contributed by atoms with Gasteiger partial charge in [0, 0.05) is 31.6 Å². The highest BCUT2D eigenvalue weighted by Crippen LogP contribution is 2.29. The SMILES string of the molecule is COc1ccc(CN2CCc3nc(-c4cccc(CO)c4)[nH]c3C2)cc1OC. The van der Waals surface area contributed by atoms with Crippen molar-refractivity contribution in [2.45, 2.75) is 26.1 Å². The molecule has 0 radical (unpaired) electrons. The third-order valence-electron chi connectivity index (χ3n) is 5.15. The van der Waals surface area contributed by atoms with Crippen molar-refractivity contribution in [1.29, 1.82) is 0 Å². The average Bonchev–Trinajstić information content (AvgIpc) is 3.17. The fourth-order valence-corrected chi connectivity index (χ4v) is 3.68. The van der Waals surface area contributed by atoms with Crippen molar-refractivity contribution in [1.82, 2.24) is 14.9 Å². The zero-order valence-electron chi connectivity index (χ0n) is 16.2. The van der Waals surface area contributed by atoms with Gasteiger partial charge in [-0.15, -0.1) is 0 Å². The number of imidazole rings is 1. The molecular weight excluding hydrogens is 354 g/mol. The van der Waals surface area contributed by atoms with Crippen molar-refractivity contribution in [2.24, 2.45) is 0 Å². The number of aliphatic hydroxyl groups excluding tert-OH is 1. The van der Waals surface area contributed by atoms with Crippen LogP contribution in [-0.4, -0.2) is 40.7 Å². The molecule has 6 heteroatoms. The van der Waals surface area contributed by atoms with Gasteiger partial charge in [-0.2, -0.15) is 0 Å². The van der Waals surface area contributed by atoms with Crippen molar-refractivity contribution in [3.63, 3.8) is 0 Å². The lowest BCUT2D eigenvalue weighted by molar-refractivity contribution is 0.241. The average molecular weight is 379 g/mol. The minimum Gasteiger partial charge on any atom is -0.493 e. The third-order valence-corrected chi connectivity index (χ3v) is 5.15. The predicted molar refractivity (Wildman–Crippen MR) is 107 cm³/mol. The number of aromatic nitrogens is 2. The van der Waals surface area contributed by atoms with Gasteiger partial charge in [-0.05, 0) is 29.3 Å². The number of rotatable bonds is 6. The minimum absolute atomic E-state index is 0.0351. The summed E-state index contributed by atoms with van der Waals surface area (Å²) in [4.78, 5) is 10.7. The molecule has 1 aliphatic rings. The van der Waals surface area contributed by atoms with E-state index >= 15 is 0 Å². The lowest BCUT2D eigenvalue weighted by Gasteiger charge is -2.26. The van der Waals surface area contributed by atoms with E-state index in [-0.39, 0.29) is 6.61 Å². The van der Waals surface area contributed by atoms with Crippen LogP contribution in [0.5, 0.6) is 11.5 Å². The molecule has 0 fully saturated rings. The van der Waals surface area contributed by atoms with Crippen LogP contribution in [0.25, 0.3) is 11.4 Å². The van der Waals surface area contributed by atoms with Gasteiger partial charge in [-0.25, -0.2) is 4.98 Å². The summed E-state index contributed by atoms with van der Waals surface area (Å²) < 4.78 is 10.7. The zero-order chi connectivity index (χ0) is 19.5. The van der Waals surface area contributed by atoms with Crippen LogP contribution >= 0.6 is 0 Å². The number of methoxy groups -OCH3 is 2. The number of ether oxygens (including phenoxy) is 2. The maximum absolute atomic E-state index is 9.36. The Morgan fingerprint density at radius 1 is 1.07 bits per heavy atom. The molecule has 0 saturated carbocycles. The third kappa shape index (κ3) is 3.74. The molecule has 28 heavy (non-hydrogen) atoms. The summed E-state index contributed by atoms with van der Waals surface area (Å²) >= 11 is 0. The normalized spacial score (nSPS) is 14.0. The number of benzene rings is 2. The van der Waals surface area contributed by atoms with Gasteiger partial charge < -0.3 is 19.6 Å². The first-order chi connectivity index (χ1) is 13.7. The van der Waals surface area contributed by atoms with E-state index in [9.17, 15) is 5.11 Å². The van der Waals surface area contributed by atoms with Crippen LogP contribution in [0.1, 0.15) is 22.5 Å². The molecule has 6 nitrogen and oxygen atoms in total. The number of nitrogens with zero attached hydrogens (tertiary/aromatic N) is 2. The first kappa shape index (κ1) is 18.5. The van der Waals surface area contributed by atoms with Gasteiger partial charge in [0.1, 0.15) is 5.82 Å². The highest BCUT2D eigenvalue weighted by Gasteiger charge is 2.21. The Bertz CT molecular complexity index is 967. The summed E-state index contributed by atoms with van der Waals surface area (Å²) in [5, 5.41) is 9.36. The highest BCUT2D eigenvalue weighted by molar-refractivity contribution is 5.57. The molecule has 0 aliphatic carbocycles. The first-order valence-corrected chi connectivity index (χ1v) is 9.41. The summed E-state index contributed by atoms with van der Waals surface area (Å²) in [5.74, 6) is 2.37. The van der Waals surface area contributed by atoms with E-state index < -0.39 is 0 Å². The Morgan fingerprint density at radius 2 is 1.93 bits per heavy atom. The van der Waals surface area contributed by atoms with Crippen molar-refractivity contribution >= 4 is 0 Å². The van der Waals surface area contributed by atoms with Crippen LogP contribution in [0.3, 0.4) is 0 Å². The number of hydrogen-bond donors (Lipinski definition) is 2. The van der Waals surface area contributed by atoms with Gasteiger partial charge >= 0.3 is 0 Å². The summed E-state index contributed by atoms with van der Waals surface area (Å²) in [6.07, 6.45) is 0.915. The van der Waals surface area contributed by atoms with Crippen molar-refractivity contribution in [3.05, 3.63) is 65.0 Å². The summed E-state index contributed by atoms with van der Waals surface area (Å²) in [5.41, 5.74) is 5.38. The molecule has 4 rings (SSSR count). The number of fused-ring (bicyclic) bond motifs is 1. The lowest BCUT2D eigenvalue weighted by atomic mass is 10.1. The molecule has 1 aliphatic heterocycles. The number of hydrogen-bond acceptors (Lipinski definition) is 5. The molecule has 0 saturated heterocycles. The second-order valence-corrected chi connectivity index (χ2v) is 7.02. The van der Waals surface area contributed by atoms with Gasteiger partial charge in [0.2, 0.25) is 0 Å². The maximum Gasteiger partial charge on any atom is 0.161 e. The van der Waals surface area contributed by atoms with Crippen LogP contribution in [0.4, 0.5) is 0 Å². The maximum atomic E-state index is 9.36. The molecule has 2 aromatic carbocycles. The van der Waals surface area contributed by atoms with E-state index in [0.717, 1.165) is 65.9 Å². The monoisotopic (exact) mass is 379 g/mol. The largest absolute Gasteiger partial charge is 0.493 e. The van der Waals surface area contributed by atoms with E-state index in [2.05, 4.69) is 16.0 Å². The van der Waals surface area contributed by atoms with Crippen LogP contribution in [0.2, 0.25) is 0 Å². The van der Waals surface area contributed by atoms with E-state index in [0.29, 0.717) is 0 Å². The Morgan fingerprint density at radius 3 is 2.71 bits per heavy atom. The van der Waals surface area contributed by atoms with Gasteiger partial charge in [0.15, 0.2) is 11.5 Å². The van der Waals surface area contributed by atoms with Crippen molar-refractivity contribution in [2.75, 3.05) is 20.8 Å². The molecule has 1 aromatic heterocycles. The quantitative estimate of drug-likeness (QED) is 0.689. The van der Waals surface area contributed by atoms with Crippen molar-refractivity contribution < 1.29 is 14.6 Å². The Labute approximate surface area is 164 Å². The summed E-state index contributed by atoms with van der Waals surface area (Å²) in [7, 11) is 3.31. The fraction of sp³-hybridized carbons (Fsp3) is 0.318. The predicted octanol–water partition coefficient (Wildman–Crippen LogP) is 3.14. The fourth-order valence-electron chi connectivity index (χ4n) is 3.68. The molecule has 2 heterocycles. The Kier molecular flexibility index (Phi) is 5.32. The Hall–Kier alpha value is -2.83. The van der Waals surface area contributed by atoms with E-state index in [1.165, 1.54) is 5.56 Å². The molecule has 3 aromatic rings. The number of H-pyrrole nitrogens is 1. The van der Waals surface area contributed by atoms with E-state index in [1.54, 1.807) is 14.2 Å². The van der Waals surface area contributed by atoms with Crippen LogP contribution in [0.15, 0.2) is 42.5 Å². The Balaban J connectivity index is 1.50. The van der Waals surface area contributed by atoms with Gasteiger partial charge in [-0.1, -0.05) is 24.3 Å². The summed E-state index contributed by atoms with van der Waals surface area (Å²) in [6, 6.07) is 13.9. The van der Waals surface area contributed by atoms with E-state index in [1.807, 2.05) is 36.4 Å². The number of nitrogens with one attached hydrogen (secondary N) is 1. The highest BCUT2D eigenvalue weighted by atomic mass is 16.5. The molecule has 0 bridgehead atoms. The molecule has 0 spiro atoms. The van der Waals surface area contributed by atoms with Crippen LogP contribution in [-0.2, 0) is 26.1 Å². The molecule has 2 N–H and O–H groups in total. The topological polar surface area (TPSA) is 70.6 Å². The number of aromatic amines is 1. The molecule has 146 valence electrons.